The Balaban J connectivity index is 2.01. The minimum Gasteiger partial charge on any atom is -0.396 e. The van der Waals surface area contributed by atoms with Crippen molar-refractivity contribution in [2.24, 2.45) is 5.92 Å². The van der Waals surface area contributed by atoms with E-state index in [4.69, 9.17) is 5.11 Å². The van der Waals surface area contributed by atoms with E-state index in [-0.39, 0.29) is 35.7 Å². The molecule has 2 rings (SSSR count). The number of likely N-dealkylation sites (tertiary alicyclic amines) is 1. The Bertz CT molecular complexity index is 718. The van der Waals surface area contributed by atoms with Crippen LogP contribution >= 0.6 is 11.8 Å². The lowest BCUT2D eigenvalue weighted by Crippen LogP contribution is -2.46. The molecule has 0 unspecified atom stereocenters. The molecule has 0 aromatic heterocycles. The third-order valence-electron chi connectivity index (χ3n) is 4.53. The number of hydrogen-bond donors (Lipinski definition) is 2. The largest absolute Gasteiger partial charge is 0.396 e. The molecular weight excluding hydrogens is 382 g/mol. The van der Waals surface area contributed by atoms with E-state index >= 15 is 0 Å². The highest BCUT2D eigenvalue weighted by atomic mass is 32.2. The summed E-state index contributed by atoms with van der Waals surface area (Å²) < 4.78 is 0. The highest BCUT2D eigenvalue weighted by Crippen LogP contribution is 2.27. The second-order valence-electron chi connectivity index (χ2n) is 7.24. The number of piperidine rings is 1. The third-order valence-corrected chi connectivity index (χ3v) is 5.59. The first-order valence-corrected chi connectivity index (χ1v) is 10.4. The van der Waals surface area contributed by atoms with Gasteiger partial charge in [-0.2, -0.15) is 0 Å². The molecule has 8 nitrogen and oxygen atoms in total. The van der Waals surface area contributed by atoms with Gasteiger partial charge in [0.25, 0.3) is 11.6 Å². The van der Waals surface area contributed by atoms with Crippen LogP contribution in [0.5, 0.6) is 0 Å². The molecule has 1 aromatic rings. The van der Waals surface area contributed by atoms with Gasteiger partial charge in [-0.3, -0.25) is 19.7 Å². The van der Waals surface area contributed by atoms with Crippen molar-refractivity contribution in [1.29, 1.82) is 0 Å². The zero-order valence-corrected chi connectivity index (χ0v) is 17.0. The molecule has 1 aliphatic heterocycles. The van der Waals surface area contributed by atoms with Crippen molar-refractivity contribution < 1.29 is 19.6 Å². The lowest BCUT2D eigenvalue weighted by molar-refractivity contribution is -0.384. The van der Waals surface area contributed by atoms with E-state index in [9.17, 15) is 19.7 Å². The number of nitrogens with one attached hydrogen (secondary N) is 1. The van der Waals surface area contributed by atoms with Gasteiger partial charge in [-0.05, 0) is 24.8 Å². The van der Waals surface area contributed by atoms with E-state index in [1.165, 1.54) is 23.9 Å². The summed E-state index contributed by atoms with van der Waals surface area (Å²) in [5, 5.41) is 23.0. The molecule has 1 saturated heterocycles. The van der Waals surface area contributed by atoms with Crippen molar-refractivity contribution in [3.8, 4) is 0 Å². The lowest BCUT2D eigenvalue weighted by Gasteiger charge is -2.33. The van der Waals surface area contributed by atoms with Crippen LogP contribution in [0, 0.1) is 16.0 Å². The number of aliphatic hydroxyl groups is 1. The van der Waals surface area contributed by atoms with Crippen LogP contribution in [0.25, 0.3) is 0 Å². The van der Waals surface area contributed by atoms with Gasteiger partial charge in [-0.1, -0.05) is 13.8 Å². The number of benzene rings is 1. The fraction of sp³-hybridized carbons (Fsp3) is 0.579. The fourth-order valence-electron chi connectivity index (χ4n) is 3.11. The van der Waals surface area contributed by atoms with Crippen molar-refractivity contribution in [1.82, 2.24) is 10.2 Å². The number of rotatable bonds is 8. The molecule has 1 fully saturated rings. The number of carbonyl (C=O) groups excluding carboxylic acids is 2. The van der Waals surface area contributed by atoms with Gasteiger partial charge < -0.3 is 15.3 Å². The predicted octanol–water partition coefficient (Wildman–Crippen LogP) is 2.45. The maximum Gasteiger partial charge on any atom is 0.270 e. The van der Waals surface area contributed by atoms with Crippen LogP contribution in [-0.4, -0.2) is 58.2 Å². The van der Waals surface area contributed by atoms with Gasteiger partial charge in [-0.25, -0.2) is 0 Å². The number of carbonyl (C=O) groups is 2. The average molecular weight is 410 g/mol. The van der Waals surface area contributed by atoms with Gasteiger partial charge in [0.2, 0.25) is 5.91 Å². The Hall–Kier alpha value is -2.13. The minimum absolute atomic E-state index is 0.0500. The summed E-state index contributed by atoms with van der Waals surface area (Å²) in [6.45, 7) is 5.16. The number of non-ortho nitro benzene ring substituents is 1. The zero-order chi connectivity index (χ0) is 20.7. The Morgan fingerprint density at radius 2 is 2.04 bits per heavy atom. The second-order valence-corrected chi connectivity index (χ2v) is 8.37. The molecule has 2 N–H and O–H groups in total. The van der Waals surface area contributed by atoms with Crippen LogP contribution in [0.3, 0.4) is 0 Å². The lowest BCUT2D eigenvalue weighted by atomic mass is 10.0. The molecular formula is C19H27N3O5S. The number of aliphatic hydroxyl groups excluding tert-OH is 1. The number of nitro groups is 1. The Morgan fingerprint density at radius 1 is 1.36 bits per heavy atom. The van der Waals surface area contributed by atoms with E-state index in [1.54, 1.807) is 6.07 Å². The molecule has 9 heteroatoms. The molecule has 1 aliphatic rings. The smallest absolute Gasteiger partial charge is 0.270 e. The van der Waals surface area contributed by atoms with Crippen molar-refractivity contribution in [3.63, 3.8) is 0 Å². The van der Waals surface area contributed by atoms with E-state index in [2.05, 4.69) is 5.32 Å². The monoisotopic (exact) mass is 409 g/mol. The summed E-state index contributed by atoms with van der Waals surface area (Å²) >= 11 is 1.28. The standard InChI is InChI=1S/C19H27N3O5S/c1-13(2)11-18(24)21-7-5-14(6-8-21)20-19(25)16-12-15(22(26)27)3-4-17(16)28-10-9-23/h3-4,12-14,23H,5-11H2,1-2H3,(H,20,25). The van der Waals surface area contributed by atoms with Crippen LogP contribution in [0.2, 0.25) is 0 Å². The normalized spacial score (nSPS) is 14.9. The number of nitrogens with zero attached hydrogens (tertiary/aromatic N) is 2. The molecule has 28 heavy (non-hydrogen) atoms. The molecule has 0 aliphatic carbocycles. The number of thioether (sulfide) groups is 1. The first-order chi connectivity index (χ1) is 13.3. The first-order valence-electron chi connectivity index (χ1n) is 9.42. The van der Waals surface area contributed by atoms with Gasteiger partial charge >= 0.3 is 0 Å². The molecule has 0 saturated carbocycles. The average Bonchev–Trinajstić information content (AvgIpc) is 2.66. The van der Waals surface area contributed by atoms with Crippen molar-refractivity contribution in [2.75, 3.05) is 25.4 Å². The SMILES string of the molecule is CC(C)CC(=O)N1CCC(NC(=O)c2cc([N+](=O)[O-])ccc2SCCO)CC1. The zero-order valence-electron chi connectivity index (χ0n) is 16.2. The van der Waals surface area contributed by atoms with Crippen molar-refractivity contribution in [3.05, 3.63) is 33.9 Å². The predicted molar refractivity (Wildman–Crippen MR) is 107 cm³/mol. The number of amides is 2. The number of nitro benzene ring substituents is 1. The van der Waals surface area contributed by atoms with Gasteiger partial charge in [0.05, 0.1) is 17.1 Å². The summed E-state index contributed by atoms with van der Waals surface area (Å²) in [5.74, 6) is 0.486. The maximum atomic E-state index is 12.7. The minimum atomic E-state index is -0.532. The first kappa shape index (κ1) is 22.2. The van der Waals surface area contributed by atoms with Crippen molar-refractivity contribution in [2.45, 2.75) is 44.0 Å². The molecule has 0 bridgehead atoms. The molecule has 1 aromatic carbocycles. The molecule has 0 radical (unpaired) electrons. The molecule has 0 atom stereocenters. The fourth-order valence-corrected chi connectivity index (χ4v) is 3.89. The van der Waals surface area contributed by atoms with E-state index in [0.29, 0.717) is 48.9 Å². The Labute approximate surface area is 168 Å². The van der Waals surface area contributed by atoms with Gasteiger partial charge in [0, 0.05) is 48.3 Å². The third kappa shape index (κ3) is 6.20. The number of hydrogen-bond acceptors (Lipinski definition) is 6. The Morgan fingerprint density at radius 3 is 2.61 bits per heavy atom. The quantitative estimate of drug-likeness (QED) is 0.387. The molecule has 154 valence electrons. The summed E-state index contributed by atoms with van der Waals surface area (Å²) in [6, 6.07) is 4.09. The van der Waals surface area contributed by atoms with Crippen LogP contribution in [0.4, 0.5) is 5.69 Å². The summed E-state index contributed by atoms with van der Waals surface area (Å²) in [7, 11) is 0. The molecule has 2 amide bonds. The summed E-state index contributed by atoms with van der Waals surface area (Å²) in [5.41, 5.74) is 0.0959. The summed E-state index contributed by atoms with van der Waals surface area (Å²) in [6.07, 6.45) is 1.84. The topological polar surface area (TPSA) is 113 Å². The van der Waals surface area contributed by atoms with Crippen LogP contribution in [-0.2, 0) is 4.79 Å². The van der Waals surface area contributed by atoms with Crippen LogP contribution < -0.4 is 5.32 Å². The highest BCUT2D eigenvalue weighted by molar-refractivity contribution is 7.99. The van der Waals surface area contributed by atoms with Crippen LogP contribution in [0.15, 0.2) is 23.1 Å². The second kappa shape index (κ2) is 10.4. The summed E-state index contributed by atoms with van der Waals surface area (Å²) in [4.78, 5) is 37.9. The molecule has 1 heterocycles. The van der Waals surface area contributed by atoms with E-state index in [1.807, 2.05) is 18.7 Å². The van der Waals surface area contributed by atoms with E-state index in [0.717, 1.165) is 0 Å². The maximum absolute atomic E-state index is 12.7. The van der Waals surface area contributed by atoms with Gasteiger partial charge in [0.15, 0.2) is 0 Å². The highest BCUT2D eigenvalue weighted by Gasteiger charge is 2.25. The van der Waals surface area contributed by atoms with Gasteiger partial charge in [0.1, 0.15) is 0 Å². The Kier molecular flexibility index (Phi) is 8.25. The van der Waals surface area contributed by atoms with Crippen molar-refractivity contribution >= 4 is 29.3 Å². The molecule has 0 spiro atoms. The van der Waals surface area contributed by atoms with Crippen LogP contribution in [0.1, 0.15) is 43.5 Å². The van der Waals surface area contributed by atoms with E-state index < -0.39 is 4.92 Å². The van der Waals surface area contributed by atoms with Gasteiger partial charge in [-0.15, -0.1) is 11.8 Å².